The first-order chi connectivity index (χ1) is 16.4. The number of hydrogen-bond donors (Lipinski definition) is 0. The van der Waals surface area contributed by atoms with Gasteiger partial charge in [0.1, 0.15) is 0 Å². The molecule has 4 heteroatoms. The van der Waals surface area contributed by atoms with Gasteiger partial charge in [0.25, 0.3) is 6.71 Å². The fraction of sp³-hybridized carbons (Fsp3) is 0. The van der Waals surface area contributed by atoms with Gasteiger partial charge in [-0.2, -0.15) is 0 Å². The van der Waals surface area contributed by atoms with Crippen LogP contribution in [0.4, 0.5) is 0 Å². The third kappa shape index (κ3) is 1.70. The van der Waals surface area contributed by atoms with Crippen molar-refractivity contribution in [3.8, 4) is 11.4 Å². The molecule has 9 rings (SSSR count). The van der Waals surface area contributed by atoms with Crippen molar-refractivity contribution in [1.29, 1.82) is 0 Å². The van der Waals surface area contributed by atoms with Crippen LogP contribution in [-0.2, 0) is 0 Å². The first kappa shape index (κ1) is 16.3. The van der Waals surface area contributed by atoms with Gasteiger partial charge in [0.05, 0.1) is 34.8 Å². The summed E-state index contributed by atoms with van der Waals surface area (Å²) in [7, 11) is 0. The molecule has 0 unspecified atom stereocenters. The van der Waals surface area contributed by atoms with Gasteiger partial charge in [-0.25, -0.2) is 0 Å². The van der Waals surface area contributed by atoms with E-state index in [2.05, 4.69) is 106 Å². The molecule has 0 spiro atoms. The lowest BCUT2D eigenvalue weighted by atomic mass is 9.34. The van der Waals surface area contributed by atoms with Crippen molar-refractivity contribution in [1.82, 2.24) is 14.1 Å². The highest BCUT2D eigenvalue weighted by atomic mass is 15.1. The molecule has 0 N–H and O–H groups in total. The maximum atomic E-state index is 4.79. The Bertz CT molecular complexity index is 1850. The lowest BCUT2D eigenvalue weighted by Gasteiger charge is -2.32. The van der Waals surface area contributed by atoms with E-state index in [0.29, 0.717) is 0 Å². The summed E-state index contributed by atoms with van der Waals surface area (Å²) in [5.74, 6) is 0. The summed E-state index contributed by atoms with van der Waals surface area (Å²) in [5.41, 5.74) is 11.6. The van der Waals surface area contributed by atoms with Crippen LogP contribution in [0.1, 0.15) is 0 Å². The number of hydrogen-bond acceptors (Lipinski definition) is 1. The highest BCUT2D eigenvalue weighted by Gasteiger charge is 2.40. The second-order valence-electron chi connectivity index (χ2n) is 9.22. The SMILES string of the molecule is c1ccc2c(c1)c1cccc3c1n2-c1cncc2c1B3c1cccc3c4ccccc4n-2c13. The number of benzene rings is 4. The standard InChI is InChI=1S/C29H16BN3/c1-3-13-23-17(7-1)19-9-5-11-21-28(19)32(23)25-15-31-16-26-27(25)30(21)22-12-6-10-20-18-8-2-4-14-24(18)33(26)29(20)22/h1-16H. The number of para-hydroxylation sites is 4. The number of aromatic nitrogens is 3. The maximum Gasteiger partial charge on any atom is 0.252 e. The molecule has 0 amide bonds. The maximum absolute atomic E-state index is 4.79. The van der Waals surface area contributed by atoms with Crippen molar-refractivity contribution in [2.24, 2.45) is 0 Å². The zero-order chi connectivity index (χ0) is 21.3. The van der Waals surface area contributed by atoms with E-state index in [1.165, 1.54) is 71.4 Å². The number of rotatable bonds is 0. The number of pyridine rings is 1. The van der Waals surface area contributed by atoms with Crippen molar-refractivity contribution in [3.05, 3.63) is 97.3 Å². The van der Waals surface area contributed by atoms with Crippen LogP contribution in [0, 0.1) is 0 Å². The molecule has 3 nitrogen and oxygen atoms in total. The van der Waals surface area contributed by atoms with Gasteiger partial charge in [-0.05, 0) is 28.5 Å². The molecule has 7 aromatic rings. The molecule has 2 aliphatic heterocycles. The Labute approximate surface area is 189 Å². The van der Waals surface area contributed by atoms with E-state index in [0.717, 1.165) is 0 Å². The molecule has 150 valence electrons. The summed E-state index contributed by atoms with van der Waals surface area (Å²) in [6.45, 7) is 0.194. The lowest BCUT2D eigenvalue weighted by Crippen LogP contribution is -2.59. The van der Waals surface area contributed by atoms with Crippen LogP contribution < -0.4 is 16.4 Å². The molecule has 0 bridgehead atoms. The summed E-state index contributed by atoms with van der Waals surface area (Å²) in [4.78, 5) is 4.79. The average Bonchev–Trinajstić information content (AvgIpc) is 3.39. The Morgan fingerprint density at radius 3 is 1.55 bits per heavy atom. The Morgan fingerprint density at radius 1 is 0.515 bits per heavy atom. The Kier molecular flexibility index (Phi) is 2.65. The molecule has 33 heavy (non-hydrogen) atoms. The van der Waals surface area contributed by atoms with Crippen molar-refractivity contribution in [2.45, 2.75) is 0 Å². The molecule has 0 radical (unpaired) electrons. The van der Waals surface area contributed by atoms with Crippen LogP contribution in [0.5, 0.6) is 0 Å². The van der Waals surface area contributed by atoms with Crippen LogP contribution in [-0.4, -0.2) is 20.8 Å². The molecule has 0 atom stereocenters. The van der Waals surface area contributed by atoms with E-state index in [1.54, 1.807) is 0 Å². The highest BCUT2D eigenvalue weighted by molar-refractivity contribution is 7.00. The van der Waals surface area contributed by atoms with Crippen LogP contribution >= 0.6 is 0 Å². The van der Waals surface area contributed by atoms with Crippen LogP contribution in [0.3, 0.4) is 0 Å². The summed E-state index contributed by atoms with van der Waals surface area (Å²) in [5, 5.41) is 5.23. The van der Waals surface area contributed by atoms with Gasteiger partial charge < -0.3 is 9.13 Å². The van der Waals surface area contributed by atoms with Gasteiger partial charge >= 0.3 is 0 Å². The first-order valence-electron chi connectivity index (χ1n) is 11.4. The van der Waals surface area contributed by atoms with Gasteiger partial charge in [-0.15, -0.1) is 0 Å². The van der Waals surface area contributed by atoms with Crippen LogP contribution in [0.2, 0.25) is 0 Å². The molecule has 5 heterocycles. The number of nitrogens with zero attached hydrogens (tertiary/aromatic N) is 3. The summed E-state index contributed by atoms with van der Waals surface area (Å²) >= 11 is 0. The Hall–Kier alpha value is -4.31. The topological polar surface area (TPSA) is 22.8 Å². The van der Waals surface area contributed by atoms with Crippen molar-refractivity contribution in [2.75, 3.05) is 0 Å². The highest BCUT2D eigenvalue weighted by Crippen LogP contribution is 2.37. The minimum absolute atomic E-state index is 0.194. The molecular formula is C29H16BN3. The molecule has 2 aliphatic rings. The molecule has 4 aromatic carbocycles. The Morgan fingerprint density at radius 2 is 1.00 bits per heavy atom. The van der Waals surface area contributed by atoms with Gasteiger partial charge in [0.2, 0.25) is 0 Å². The van der Waals surface area contributed by atoms with Crippen LogP contribution in [0.15, 0.2) is 97.3 Å². The fourth-order valence-electron chi connectivity index (χ4n) is 6.64. The van der Waals surface area contributed by atoms with Crippen molar-refractivity contribution in [3.63, 3.8) is 0 Å². The monoisotopic (exact) mass is 417 g/mol. The molecule has 0 aliphatic carbocycles. The van der Waals surface area contributed by atoms with E-state index in [1.807, 2.05) is 0 Å². The first-order valence-corrected chi connectivity index (χ1v) is 11.4. The smallest absolute Gasteiger partial charge is 0.252 e. The second-order valence-corrected chi connectivity index (χ2v) is 9.22. The molecule has 0 saturated heterocycles. The minimum atomic E-state index is 0.194. The van der Waals surface area contributed by atoms with E-state index < -0.39 is 0 Å². The summed E-state index contributed by atoms with van der Waals surface area (Å²) in [6.07, 6.45) is 4.12. The van der Waals surface area contributed by atoms with Crippen molar-refractivity contribution < 1.29 is 0 Å². The molecule has 0 fully saturated rings. The summed E-state index contributed by atoms with van der Waals surface area (Å²) in [6, 6.07) is 31.1. The van der Waals surface area contributed by atoms with E-state index in [-0.39, 0.29) is 6.71 Å². The normalized spacial score (nSPS) is 13.4. The number of fused-ring (bicyclic) bond motifs is 10. The van der Waals surface area contributed by atoms with Gasteiger partial charge in [-0.1, -0.05) is 72.8 Å². The second kappa shape index (κ2) is 5.36. The predicted molar refractivity (Wildman–Crippen MR) is 138 cm³/mol. The predicted octanol–water partition coefficient (Wildman–Crippen LogP) is 4.42. The largest absolute Gasteiger partial charge is 0.309 e. The van der Waals surface area contributed by atoms with Crippen LogP contribution in [0.25, 0.3) is 55.0 Å². The molecule has 0 saturated carbocycles. The molecule has 3 aromatic heterocycles. The van der Waals surface area contributed by atoms with Gasteiger partial charge in [-0.3, -0.25) is 4.98 Å². The quantitative estimate of drug-likeness (QED) is 0.335. The van der Waals surface area contributed by atoms with E-state index >= 15 is 0 Å². The lowest BCUT2D eigenvalue weighted by molar-refractivity contribution is 1.10. The zero-order valence-corrected chi connectivity index (χ0v) is 17.7. The summed E-state index contributed by atoms with van der Waals surface area (Å²) < 4.78 is 4.89. The van der Waals surface area contributed by atoms with Gasteiger partial charge in [0, 0.05) is 32.6 Å². The zero-order valence-electron chi connectivity index (χ0n) is 17.7. The van der Waals surface area contributed by atoms with E-state index in [4.69, 9.17) is 4.98 Å². The molecular weight excluding hydrogens is 401 g/mol. The average molecular weight is 417 g/mol. The van der Waals surface area contributed by atoms with Crippen molar-refractivity contribution >= 4 is 66.7 Å². The Balaban J connectivity index is 1.59. The third-order valence-corrected chi connectivity index (χ3v) is 7.79. The van der Waals surface area contributed by atoms with Gasteiger partial charge in [0.15, 0.2) is 0 Å². The minimum Gasteiger partial charge on any atom is -0.309 e. The van der Waals surface area contributed by atoms with E-state index in [9.17, 15) is 0 Å². The fourth-order valence-corrected chi connectivity index (χ4v) is 6.64. The third-order valence-electron chi connectivity index (χ3n) is 7.79.